The van der Waals surface area contributed by atoms with Crippen molar-refractivity contribution >= 4 is 23.2 Å². The molecule has 1 saturated carbocycles. The summed E-state index contributed by atoms with van der Waals surface area (Å²) in [5.41, 5.74) is 1.32. The highest BCUT2D eigenvalue weighted by molar-refractivity contribution is 7.80. The molecule has 1 aromatic carbocycles. The highest BCUT2D eigenvalue weighted by Crippen LogP contribution is 2.31. The summed E-state index contributed by atoms with van der Waals surface area (Å²) in [6.45, 7) is 4.14. The van der Waals surface area contributed by atoms with Crippen molar-refractivity contribution in [2.75, 3.05) is 32.7 Å². The van der Waals surface area contributed by atoms with Crippen LogP contribution in [0.3, 0.4) is 0 Å². The highest BCUT2D eigenvalue weighted by atomic mass is 32.1. The largest absolute Gasteiger partial charge is 0.362 e. The van der Waals surface area contributed by atoms with Crippen LogP contribution in [0.15, 0.2) is 30.3 Å². The van der Waals surface area contributed by atoms with E-state index >= 15 is 0 Å². The molecule has 118 valence electrons. The number of rotatable bonds is 4. The third kappa shape index (κ3) is 3.97. The van der Waals surface area contributed by atoms with Gasteiger partial charge in [0.1, 0.15) is 0 Å². The van der Waals surface area contributed by atoms with Gasteiger partial charge in [-0.1, -0.05) is 30.3 Å². The van der Waals surface area contributed by atoms with E-state index in [2.05, 4.69) is 34.5 Å². The number of hydrogen-bond donors (Lipinski definition) is 1. The molecule has 0 radical (unpaired) electrons. The van der Waals surface area contributed by atoms with Crippen molar-refractivity contribution in [2.45, 2.75) is 19.3 Å². The van der Waals surface area contributed by atoms with Gasteiger partial charge in [0.05, 0.1) is 0 Å². The molecule has 1 aliphatic heterocycles. The Hall–Kier alpha value is -1.62. The van der Waals surface area contributed by atoms with Crippen LogP contribution in [0.4, 0.5) is 0 Å². The van der Waals surface area contributed by atoms with E-state index < -0.39 is 0 Å². The molecule has 5 heteroatoms. The first kappa shape index (κ1) is 15.3. The maximum atomic E-state index is 12.0. The zero-order valence-electron chi connectivity index (χ0n) is 12.8. The van der Waals surface area contributed by atoms with E-state index in [-0.39, 0.29) is 0 Å². The highest BCUT2D eigenvalue weighted by Gasteiger charge is 2.34. The quantitative estimate of drug-likeness (QED) is 0.857. The van der Waals surface area contributed by atoms with Crippen LogP contribution in [-0.2, 0) is 11.2 Å². The van der Waals surface area contributed by atoms with Crippen LogP contribution >= 0.6 is 12.2 Å². The molecule has 1 aliphatic carbocycles. The van der Waals surface area contributed by atoms with Gasteiger partial charge in [0.2, 0.25) is 5.91 Å². The van der Waals surface area contributed by atoms with Gasteiger partial charge in [0.15, 0.2) is 5.11 Å². The van der Waals surface area contributed by atoms with Crippen LogP contribution in [0.5, 0.6) is 0 Å². The van der Waals surface area contributed by atoms with Crippen LogP contribution in [0.25, 0.3) is 0 Å². The fourth-order valence-electron chi connectivity index (χ4n) is 2.79. The molecule has 1 saturated heterocycles. The van der Waals surface area contributed by atoms with Gasteiger partial charge in [-0.2, -0.15) is 0 Å². The summed E-state index contributed by atoms with van der Waals surface area (Å²) in [6, 6.07) is 10.4. The second kappa shape index (κ2) is 7.09. The molecule has 1 aromatic rings. The van der Waals surface area contributed by atoms with Gasteiger partial charge in [0, 0.05) is 38.6 Å². The zero-order valence-corrected chi connectivity index (χ0v) is 13.6. The molecular formula is C17H23N3OS. The standard InChI is InChI=1S/C17H23N3OS/c21-16(15-6-7-15)19-10-12-20(13-11-19)17(22)18-9-8-14-4-2-1-3-5-14/h1-5,15H,6-13H2,(H,18,22). The first-order chi connectivity index (χ1) is 10.7. The van der Waals surface area contributed by atoms with E-state index in [1.165, 1.54) is 5.56 Å². The maximum Gasteiger partial charge on any atom is 0.225 e. The minimum absolute atomic E-state index is 0.322. The lowest BCUT2D eigenvalue weighted by Gasteiger charge is -2.36. The predicted octanol–water partition coefficient (Wildman–Crippen LogP) is 1.66. The molecular weight excluding hydrogens is 294 g/mol. The second-order valence-corrected chi connectivity index (χ2v) is 6.44. The van der Waals surface area contributed by atoms with Gasteiger partial charge >= 0.3 is 0 Å². The zero-order chi connectivity index (χ0) is 15.4. The summed E-state index contributed by atoms with van der Waals surface area (Å²) in [6.07, 6.45) is 3.14. The molecule has 1 heterocycles. The number of nitrogens with zero attached hydrogens (tertiary/aromatic N) is 2. The average Bonchev–Trinajstić information content (AvgIpc) is 3.40. The number of hydrogen-bond acceptors (Lipinski definition) is 2. The fourth-order valence-corrected chi connectivity index (χ4v) is 3.07. The van der Waals surface area contributed by atoms with Crippen LogP contribution in [0.1, 0.15) is 18.4 Å². The van der Waals surface area contributed by atoms with Crippen molar-refractivity contribution in [3.05, 3.63) is 35.9 Å². The van der Waals surface area contributed by atoms with Gasteiger partial charge in [0.25, 0.3) is 0 Å². The Morgan fingerprint density at radius 2 is 1.73 bits per heavy atom. The van der Waals surface area contributed by atoms with Gasteiger partial charge in [-0.05, 0) is 37.0 Å². The molecule has 4 nitrogen and oxygen atoms in total. The topological polar surface area (TPSA) is 35.6 Å². The van der Waals surface area contributed by atoms with Crippen LogP contribution in [-0.4, -0.2) is 53.5 Å². The van der Waals surface area contributed by atoms with E-state index in [1.54, 1.807) is 0 Å². The summed E-state index contributed by atoms with van der Waals surface area (Å²) in [5, 5.41) is 4.15. The lowest BCUT2D eigenvalue weighted by molar-refractivity contribution is -0.133. The fraction of sp³-hybridized carbons (Fsp3) is 0.529. The number of carbonyl (C=O) groups is 1. The number of benzene rings is 1. The third-order valence-electron chi connectivity index (χ3n) is 4.34. The molecule has 1 N–H and O–H groups in total. The molecule has 22 heavy (non-hydrogen) atoms. The van der Waals surface area contributed by atoms with Crippen molar-refractivity contribution in [1.29, 1.82) is 0 Å². The van der Waals surface area contributed by atoms with Gasteiger partial charge in [-0.3, -0.25) is 4.79 Å². The normalized spacial score (nSPS) is 18.2. The van der Waals surface area contributed by atoms with Crippen molar-refractivity contribution in [3.8, 4) is 0 Å². The number of carbonyl (C=O) groups excluding carboxylic acids is 1. The number of nitrogens with one attached hydrogen (secondary N) is 1. The third-order valence-corrected chi connectivity index (χ3v) is 4.74. The van der Waals surface area contributed by atoms with Crippen LogP contribution in [0, 0.1) is 5.92 Å². The van der Waals surface area contributed by atoms with E-state index in [9.17, 15) is 4.79 Å². The molecule has 0 unspecified atom stereocenters. The minimum Gasteiger partial charge on any atom is -0.362 e. The number of thiocarbonyl (C=S) groups is 1. The Bertz CT molecular complexity index is 522. The van der Waals surface area contributed by atoms with E-state index in [1.807, 2.05) is 11.0 Å². The van der Waals surface area contributed by atoms with Gasteiger partial charge < -0.3 is 15.1 Å². The van der Waals surface area contributed by atoms with E-state index in [0.29, 0.717) is 11.8 Å². The van der Waals surface area contributed by atoms with Gasteiger partial charge in [-0.25, -0.2) is 0 Å². The maximum absolute atomic E-state index is 12.0. The Labute approximate surface area is 137 Å². The van der Waals surface area contributed by atoms with E-state index in [4.69, 9.17) is 12.2 Å². The first-order valence-corrected chi connectivity index (χ1v) is 8.50. The second-order valence-electron chi connectivity index (χ2n) is 6.05. The summed E-state index contributed by atoms with van der Waals surface area (Å²) < 4.78 is 0. The Kier molecular flexibility index (Phi) is 4.93. The molecule has 3 rings (SSSR count). The van der Waals surface area contributed by atoms with E-state index in [0.717, 1.165) is 57.1 Å². The van der Waals surface area contributed by atoms with Crippen molar-refractivity contribution in [1.82, 2.24) is 15.1 Å². The van der Waals surface area contributed by atoms with Crippen molar-refractivity contribution in [2.24, 2.45) is 5.92 Å². The summed E-state index contributed by atoms with van der Waals surface area (Å²) in [7, 11) is 0. The molecule has 2 fully saturated rings. The summed E-state index contributed by atoms with van der Waals surface area (Å²) >= 11 is 5.47. The lowest BCUT2D eigenvalue weighted by Crippen LogP contribution is -2.53. The number of amides is 1. The van der Waals surface area contributed by atoms with Crippen LogP contribution < -0.4 is 5.32 Å². The first-order valence-electron chi connectivity index (χ1n) is 8.09. The molecule has 1 amide bonds. The lowest BCUT2D eigenvalue weighted by atomic mass is 10.1. The monoisotopic (exact) mass is 317 g/mol. The molecule has 0 atom stereocenters. The predicted molar refractivity (Wildman–Crippen MR) is 91.6 cm³/mol. The SMILES string of the molecule is O=C(C1CC1)N1CCN(C(=S)NCCc2ccccc2)CC1. The van der Waals surface area contributed by atoms with Gasteiger partial charge in [-0.15, -0.1) is 0 Å². The molecule has 0 aromatic heterocycles. The average molecular weight is 317 g/mol. The molecule has 0 spiro atoms. The molecule has 2 aliphatic rings. The number of piperazine rings is 1. The minimum atomic E-state index is 0.322. The Balaban J connectivity index is 1.37. The Morgan fingerprint density at radius 1 is 1.09 bits per heavy atom. The van der Waals surface area contributed by atoms with Crippen molar-refractivity contribution < 1.29 is 4.79 Å². The summed E-state index contributed by atoms with van der Waals surface area (Å²) in [4.78, 5) is 16.2. The summed E-state index contributed by atoms with van der Waals surface area (Å²) in [5.74, 6) is 0.671. The Morgan fingerprint density at radius 3 is 2.36 bits per heavy atom. The molecule has 0 bridgehead atoms. The smallest absolute Gasteiger partial charge is 0.225 e. The van der Waals surface area contributed by atoms with Crippen LogP contribution in [0.2, 0.25) is 0 Å². The van der Waals surface area contributed by atoms with Crippen molar-refractivity contribution in [3.63, 3.8) is 0 Å².